The highest BCUT2D eigenvalue weighted by atomic mass is 19.4. The third-order valence-corrected chi connectivity index (χ3v) is 5.79. The Labute approximate surface area is 219 Å². The molecule has 0 bridgehead atoms. The van der Waals surface area contributed by atoms with Crippen molar-refractivity contribution in [3.8, 4) is 11.8 Å². The first-order valence-electron chi connectivity index (χ1n) is 13.1. The number of rotatable bonds is 15. The van der Waals surface area contributed by atoms with Crippen molar-refractivity contribution in [2.75, 3.05) is 18.3 Å². The first-order valence-corrected chi connectivity index (χ1v) is 13.1. The molecule has 0 aliphatic heterocycles. The normalized spacial score (nSPS) is 11.1. The second-order valence-corrected chi connectivity index (χ2v) is 8.88. The standard InChI is InChI=1S/C30H38F3NO3/c1-3-5-6-7-8-9-10-11-12-13-14-25-15-17-26(18-16-25)23-34(37-24-29(35)36-4-2)28-21-19-27(20-22-28)30(31,32)33/h15-22H,3-12,23-24H2,1-2H3. The summed E-state index contributed by atoms with van der Waals surface area (Å²) in [6.07, 6.45) is 6.62. The molecule has 0 amide bonds. The highest BCUT2D eigenvalue weighted by Gasteiger charge is 2.30. The van der Waals surface area contributed by atoms with Gasteiger partial charge in [-0.3, -0.25) is 4.84 Å². The second kappa shape index (κ2) is 16.7. The lowest BCUT2D eigenvalue weighted by Crippen LogP contribution is -2.27. The van der Waals surface area contributed by atoms with Gasteiger partial charge in [0.25, 0.3) is 0 Å². The first-order chi connectivity index (χ1) is 17.8. The van der Waals surface area contributed by atoms with E-state index in [0.717, 1.165) is 36.1 Å². The number of esters is 1. The van der Waals surface area contributed by atoms with Crippen LogP contribution in [0.4, 0.5) is 18.9 Å². The minimum absolute atomic E-state index is 0.212. The fraction of sp³-hybridized carbons (Fsp3) is 0.500. The molecule has 4 nitrogen and oxygen atoms in total. The molecule has 0 unspecified atom stereocenters. The van der Waals surface area contributed by atoms with Gasteiger partial charge in [-0.2, -0.15) is 13.2 Å². The zero-order valence-electron chi connectivity index (χ0n) is 21.9. The van der Waals surface area contributed by atoms with Gasteiger partial charge in [-0.25, -0.2) is 9.86 Å². The van der Waals surface area contributed by atoms with Gasteiger partial charge in [-0.15, -0.1) is 0 Å². The van der Waals surface area contributed by atoms with Gasteiger partial charge in [0.15, 0.2) is 6.61 Å². The number of hydroxylamine groups is 1. The lowest BCUT2D eigenvalue weighted by Gasteiger charge is -2.24. The highest BCUT2D eigenvalue weighted by molar-refractivity contribution is 5.70. The Balaban J connectivity index is 1.92. The zero-order chi connectivity index (χ0) is 26.9. The largest absolute Gasteiger partial charge is 0.464 e. The van der Waals surface area contributed by atoms with Crippen molar-refractivity contribution >= 4 is 11.7 Å². The number of unbranched alkanes of at least 4 members (excludes halogenated alkanes) is 8. The lowest BCUT2D eigenvalue weighted by molar-refractivity contribution is -0.149. The molecule has 0 aliphatic carbocycles. The first kappa shape index (κ1) is 30.2. The third kappa shape index (κ3) is 12.2. The summed E-state index contributed by atoms with van der Waals surface area (Å²) in [6, 6.07) is 12.2. The molecule has 0 saturated carbocycles. The van der Waals surface area contributed by atoms with E-state index >= 15 is 0 Å². The van der Waals surface area contributed by atoms with Crippen LogP contribution in [0.25, 0.3) is 0 Å². The van der Waals surface area contributed by atoms with Crippen molar-refractivity contribution in [3.63, 3.8) is 0 Å². The molecular formula is C30H38F3NO3. The lowest BCUT2D eigenvalue weighted by atomic mass is 10.1. The molecule has 0 saturated heterocycles. The molecule has 0 aliphatic rings. The Bertz CT molecular complexity index is 976. The van der Waals surface area contributed by atoms with Gasteiger partial charge in [-0.05, 0) is 55.3 Å². The number of hydrogen-bond donors (Lipinski definition) is 0. The molecule has 37 heavy (non-hydrogen) atoms. The summed E-state index contributed by atoms with van der Waals surface area (Å²) < 4.78 is 43.7. The summed E-state index contributed by atoms with van der Waals surface area (Å²) in [5.41, 5.74) is 1.40. The maximum atomic E-state index is 12.9. The van der Waals surface area contributed by atoms with Gasteiger partial charge in [0.05, 0.1) is 24.4 Å². The molecular weight excluding hydrogens is 479 g/mol. The number of carbonyl (C=O) groups excluding carboxylic acids is 1. The molecule has 0 radical (unpaired) electrons. The Hall–Kier alpha value is -2.98. The Kier molecular flexibility index (Phi) is 13.7. The van der Waals surface area contributed by atoms with Crippen LogP contribution in [0.2, 0.25) is 0 Å². The average molecular weight is 518 g/mol. The van der Waals surface area contributed by atoms with Crippen LogP contribution < -0.4 is 5.06 Å². The number of nitrogens with zero attached hydrogens (tertiary/aromatic N) is 1. The molecule has 0 fully saturated rings. The molecule has 0 heterocycles. The molecule has 2 rings (SSSR count). The SMILES string of the molecule is CCCCCCCCCCC#Cc1ccc(CN(OCC(=O)OCC)c2ccc(C(F)(F)F)cc2)cc1. The van der Waals surface area contributed by atoms with Crippen LogP contribution in [0, 0.1) is 11.8 Å². The van der Waals surface area contributed by atoms with E-state index in [9.17, 15) is 18.0 Å². The Morgan fingerprint density at radius 3 is 2.08 bits per heavy atom. The predicted octanol–water partition coefficient (Wildman–Crippen LogP) is 8.09. The summed E-state index contributed by atoms with van der Waals surface area (Å²) >= 11 is 0. The van der Waals surface area contributed by atoms with E-state index in [1.54, 1.807) is 6.92 Å². The maximum Gasteiger partial charge on any atom is 0.416 e. The number of hydrogen-bond acceptors (Lipinski definition) is 4. The summed E-state index contributed by atoms with van der Waals surface area (Å²) in [5.74, 6) is 5.87. The average Bonchev–Trinajstić information content (AvgIpc) is 2.88. The zero-order valence-corrected chi connectivity index (χ0v) is 21.9. The molecule has 7 heteroatoms. The number of anilines is 1. The highest BCUT2D eigenvalue weighted by Crippen LogP contribution is 2.31. The number of alkyl halides is 3. The minimum Gasteiger partial charge on any atom is -0.464 e. The fourth-order valence-corrected chi connectivity index (χ4v) is 3.73. The summed E-state index contributed by atoms with van der Waals surface area (Å²) in [6.45, 7) is 4.01. The van der Waals surface area contributed by atoms with Gasteiger partial charge in [0.1, 0.15) is 0 Å². The van der Waals surface area contributed by atoms with Crippen molar-refractivity contribution in [1.29, 1.82) is 0 Å². The number of halogens is 3. The van der Waals surface area contributed by atoms with Crippen LogP contribution in [0.3, 0.4) is 0 Å². The number of benzene rings is 2. The quantitative estimate of drug-likeness (QED) is 0.104. The van der Waals surface area contributed by atoms with Crippen molar-refractivity contribution in [2.24, 2.45) is 0 Å². The Morgan fingerprint density at radius 1 is 0.865 bits per heavy atom. The van der Waals surface area contributed by atoms with Gasteiger partial charge in [-0.1, -0.05) is 75.8 Å². The van der Waals surface area contributed by atoms with E-state index in [4.69, 9.17) is 9.57 Å². The summed E-state index contributed by atoms with van der Waals surface area (Å²) in [4.78, 5) is 17.4. The van der Waals surface area contributed by atoms with Gasteiger partial charge in [0, 0.05) is 12.0 Å². The summed E-state index contributed by atoms with van der Waals surface area (Å²) in [5, 5.41) is 1.39. The monoisotopic (exact) mass is 517 g/mol. The molecule has 0 atom stereocenters. The van der Waals surface area contributed by atoms with E-state index in [-0.39, 0.29) is 19.8 Å². The van der Waals surface area contributed by atoms with Gasteiger partial charge in [0.2, 0.25) is 0 Å². The molecule has 2 aromatic rings. The molecule has 2 aromatic carbocycles. The smallest absolute Gasteiger partial charge is 0.416 e. The minimum atomic E-state index is -4.43. The predicted molar refractivity (Wildman–Crippen MR) is 141 cm³/mol. The van der Waals surface area contributed by atoms with Crippen molar-refractivity contribution in [1.82, 2.24) is 0 Å². The van der Waals surface area contributed by atoms with Crippen molar-refractivity contribution in [3.05, 3.63) is 65.2 Å². The Morgan fingerprint density at radius 2 is 1.49 bits per heavy atom. The molecule has 0 spiro atoms. The molecule has 202 valence electrons. The van der Waals surface area contributed by atoms with Crippen LogP contribution >= 0.6 is 0 Å². The van der Waals surface area contributed by atoms with Gasteiger partial charge < -0.3 is 4.74 Å². The van der Waals surface area contributed by atoms with E-state index in [2.05, 4.69) is 18.8 Å². The second-order valence-electron chi connectivity index (χ2n) is 8.88. The van der Waals surface area contributed by atoms with Crippen LogP contribution in [0.15, 0.2) is 48.5 Å². The van der Waals surface area contributed by atoms with Crippen LogP contribution in [-0.2, 0) is 27.1 Å². The topological polar surface area (TPSA) is 38.8 Å². The van der Waals surface area contributed by atoms with Crippen molar-refractivity contribution < 1.29 is 27.5 Å². The fourth-order valence-electron chi connectivity index (χ4n) is 3.73. The van der Waals surface area contributed by atoms with E-state index in [1.807, 2.05) is 24.3 Å². The maximum absolute atomic E-state index is 12.9. The summed E-state index contributed by atoms with van der Waals surface area (Å²) in [7, 11) is 0. The third-order valence-electron chi connectivity index (χ3n) is 5.79. The van der Waals surface area contributed by atoms with E-state index in [1.165, 1.54) is 62.1 Å². The van der Waals surface area contributed by atoms with Crippen LogP contribution in [0.5, 0.6) is 0 Å². The molecule has 0 N–H and O–H groups in total. The number of carbonyl (C=O) groups is 1. The number of ether oxygens (including phenoxy) is 1. The van der Waals surface area contributed by atoms with Crippen LogP contribution in [-0.4, -0.2) is 19.2 Å². The van der Waals surface area contributed by atoms with Crippen molar-refractivity contribution in [2.45, 2.75) is 84.4 Å². The van der Waals surface area contributed by atoms with Gasteiger partial charge >= 0.3 is 12.1 Å². The van der Waals surface area contributed by atoms with E-state index in [0.29, 0.717) is 5.69 Å². The van der Waals surface area contributed by atoms with Crippen LogP contribution in [0.1, 0.15) is 88.3 Å². The molecule has 0 aromatic heterocycles. The van der Waals surface area contributed by atoms with E-state index < -0.39 is 17.7 Å².